The van der Waals surface area contributed by atoms with Crippen LogP contribution in [0.25, 0.3) is 0 Å². The zero-order chi connectivity index (χ0) is 33.1. The van der Waals surface area contributed by atoms with E-state index in [2.05, 4.69) is 20.7 Å². The van der Waals surface area contributed by atoms with Gasteiger partial charge in [0.15, 0.2) is 0 Å². The number of carbonyl (C=O) groups is 6. The van der Waals surface area contributed by atoms with Crippen molar-refractivity contribution in [3.05, 3.63) is 0 Å². The van der Waals surface area contributed by atoms with E-state index >= 15 is 0 Å². The minimum absolute atomic E-state index is 0.0800. The van der Waals surface area contributed by atoms with Crippen LogP contribution >= 0.6 is 0 Å². The molecule has 4 atom stereocenters. The zero-order valence-corrected chi connectivity index (χ0v) is 27.5. The van der Waals surface area contributed by atoms with Gasteiger partial charge in [-0.1, -0.05) is 54.4 Å². The standard InChI is InChI=1S/C30H52N4O9/c1-11-12-13-20(23(36)26(38)31-15-22(35)41-10)32-25(37)21-14-19(43-30(7,8)9)16-34(21)27(39)24(29(4,5)6)33-28(40)42-17-18(2)3/h18-21,24H,11-17H2,1-10H3,(H,31,38)(H,32,37)(H,33,40)/t19-,20?,21+,24-/m1/s1. The zero-order valence-electron chi connectivity index (χ0n) is 27.5. The van der Waals surface area contributed by atoms with Crippen LogP contribution in [0.2, 0.25) is 0 Å². The van der Waals surface area contributed by atoms with Crippen LogP contribution in [0.5, 0.6) is 0 Å². The Kier molecular flexibility index (Phi) is 14.6. The van der Waals surface area contributed by atoms with Gasteiger partial charge in [0, 0.05) is 13.0 Å². The Bertz CT molecular complexity index is 1000. The number of ketones is 1. The molecule has 0 radical (unpaired) electrons. The Hall–Kier alpha value is -3.22. The number of ether oxygens (including phenoxy) is 3. The molecule has 1 unspecified atom stereocenters. The van der Waals surface area contributed by atoms with Crippen molar-refractivity contribution < 1.29 is 43.0 Å². The van der Waals surface area contributed by atoms with Gasteiger partial charge in [0.2, 0.25) is 17.6 Å². The molecule has 1 aliphatic heterocycles. The molecule has 0 aromatic rings. The highest BCUT2D eigenvalue weighted by Crippen LogP contribution is 2.29. The smallest absolute Gasteiger partial charge is 0.407 e. The van der Waals surface area contributed by atoms with E-state index in [4.69, 9.17) is 9.47 Å². The van der Waals surface area contributed by atoms with E-state index in [1.807, 2.05) is 41.5 Å². The number of carbonyl (C=O) groups excluding carboxylic acids is 6. The van der Waals surface area contributed by atoms with E-state index in [1.54, 1.807) is 20.8 Å². The number of hydrogen-bond donors (Lipinski definition) is 3. The van der Waals surface area contributed by atoms with Gasteiger partial charge >= 0.3 is 12.1 Å². The minimum Gasteiger partial charge on any atom is -0.468 e. The summed E-state index contributed by atoms with van der Waals surface area (Å²) in [6.07, 6.45) is 0.327. The lowest BCUT2D eigenvalue weighted by molar-refractivity contribution is -0.145. The molecule has 43 heavy (non-hydrogen) atoms. The van der Waals surface area contributed by atoms with E-state index in [0.29, 0.717) is 12.8 Å². The van der Waals surface area contributed by atoms with E-state index in [0.717, 1.165) is 7.11 Å². The topological polar surface area (TPSA) is 169 Å². The minimum atomic E-state index is -1.17. The number of methoxy groups -OCH3 is 1. The van der Waals surface area contributed by atoms with Crippen LogP contribution < -0.4 is 16.0 Å². The Balaban J connectivity index is 3.29. The van der Waals surface area contributed by atoms with Crippen molar-refractivity contribution in [2.24, 2.45) is 11.3 Å². The highest BCUT2D eigenvalue weighted by Gasteiger charge is 2.46. The highest BCUT2D eigenvalue weighted by atomic mass is 16.5. The number of nitrogens with zero attached hydrogens (tertiary/aromatic N) is 1. The predicted octanol–water partition coefficient (Wildman–Crippen LogP) is 2.10. The van der Waals surface area contributed by atoms with Crippen LogP contribution in [0.4, 0.5) is 4.79 Å². The Labute approximate surface area is 255 Å². The fourth-order valence-electron chi connectivity index (χ4n) is 4.51. The van der Waals surface area contributed by atoms with Crippen LogP contribution in [0.1, 0.15) is 88.0 Å². The molecule has 0 bridgehead atoms. The average Bonchev–Trinajstić information content (AvgIpc) is 3.31. The van der Waals surface area contributed by atoms with Gasteiger partial charge in [-0.15, -0.1) is 0 Å². The molecule has 1 heterocycles. The number of Topliss-reactive ketones (excluding diaryl/α,β-unsaturated/α-hetero) is 1. The summed E-state index contributed by atoms with van der Waals surface area (Å²) in [6.45, 7) is 16.4. The molecule has 4 amide bonds. The molecule has 0 aromatic carbocycles. The Morgan fingerprint density at radius 3 is 2.12 bits per heavy atom. The third-order valence-electron chi connectivity index (χ3n) is 6.62. The fraction of sp³-hybridized carbons (Fsp3) is 0.800. The summed E-state index contributed by atoms with van der Waals surface area (Å²) in [6, 6.07) is -3.24. The van der Waals surface area contributed by atoms with E-state index in [-0.39, 0.29) is 31.9 Å². The second-order valence-electron chi connectivity index (χ2n) is 13.4. The van der Waals surface area contributed by atoms with Crippen molar-refractivity contribution in [1.82, 2.24) is 20.9 Å². The maximum atomic E-state index is 14.0. The number of unbranched alkanes of at least 4 members (excludes halogenated alkanes) is 1. The molecule has 1 fully saturated rings. The summed E-state index contributed by atoms with van der Waals surface area (Å²) in [5.74, 6) is -3.69. The normalized spacial score (nSPS) is 18.4. The molecule has 13 heteroatoms. The van der Waals surface area contributed by atoms with Crippen LogP contribution in [-0.4, -0.2) is 97.1 Å². The highest BCUT2D eigenvalue weighted by molar-refractivity contribution is 6.38. The summed E-state index contributed by atoms with van der Waals surface area (Å²) in [5, 5.41) is 7.55. The van der Waals surface area contributed by atoms with E-state index in [9.17, 15) is 28.8 Å². The third-order valence-corrected chi connectivity index (χ3v) is 6.62. The van der Waals surface area contributed by atoms with Crippen LogP contribution in [0, 0.1) is 11.3 Å². The molecule has 13 nitrogen and oxygen atoms in total. The van der Waals surface area contributed by atoms with Crippen LogP contribution in [0.15, 0.2) is 0 Å². The van der Waals surface area contributed by atoms with Gasteiger partial charge in [0.25, 0.3) is 5.91 Å². The van der Waals surface area contributed by atoms with Gasteiger partial charge in [0.1, 0.15) is 18.6 Å². The maximum Gasteiger partial charge on any atom is 0.407 e. The molecule has 3 N–H and O–H groups in total. The van der Waals surface area contributed by atoms with Crippen molar-refractivity contribution in [2.45, 2.75) is 118 Å². The molecule has 0 aromatic heterocycles. The lowest BCUT2D eigenvalue weighted by Gasteiger charge is -2.35. The first kappa shape index (κ1) is 37.8. The van der Waals surface area contributed by atoms with Gasteiger partial charge in [-0.3, -0.25) is 24.0 Å². The summed E-state index contributed by atoms with van der Waals surface area (Å²) in [4.78, 5) is 78.6. The molecular formula is C30H52N4O9. The summed E-state index contributed by atoms with van der Waals surface area (Å²) in [5.41, 5.74) is -1.31. The van der Waals surface area contributed by atoms with Gasteiger partial charge in [-0.05, 0) is 38.5 Å². The molecule has 1 aliphatic rings. The quantitative estimate of drug-likeness (QED) is 0.196. The summed E-state index contributed by atoms with van der Waals surface area (Å²) < 4.78 is 15.9. The molecule has 0 aliphatic carbocycles. The molecule has 0 spiro atoms. The SMILES string of the molecule is CCCCC(NC(=O)[C@@H]1C[C@@H](OC(C)(C)C)CN1C(=O)[C@@H](NC(=O)OCC(C)C)C(C)(C)C)C(=O)C(=O)NCC(=O)OC. The van der Waals surface area contributed by atoms with Crippen LogP contribution in [0.3, 0.4) is 0 Å². The van der Waals surface area contributed by atoms with Gasteiger partial charge in [-0.2, -0.15) is 0 Å². The Morgan fingerprint density at radius 1 is 0.977 bits per heavy atom. The average molecular weight is 613 g/mol. The molecule has 1 rings (SSSR count). The predicted molar refractivity (Wildman–Crippen MR) is 159 cm³/mol. The van der Waals surface area contributed by atoms with Crippen molar-refractivity contribution >= 4 is 35.6 Å². The van der Waals surface area contributed by atoms with Crippen molar-refractivity contribution in [3.63, 3.8) is 0 Å². The molecule has 1 saturated heterocycles. The molecular weight excluding hydrogens is 560 g/mol. The van der Waals surface area contributed by atoms with Crippen molar-refractivity contribution in [2.75, 3.05) is 26.8 Å². The summed E-state index contributed by atoms with van der Waals surface area (Å²) in [7, 11) is 1.15. The largest absolute Gasteiger partial charge is 0.468 e. The number of esters is 1. The number of likely N-dealkylation sites (tertiary alicyclic amines) is 1. The molecule has 246 valence electrons. The van der Waals surface area contributed by atoms with E-state index in [1.165, 1.54) is 4.90 Å². The Morgan fingerprint density at radius 2 is 1.60 bits per heavy atom. The second kappa shape index (κ2) is 16.6. The monoisotopic (exact) mass is 612 g/mol. The number of alkyl carbamates (subject to hydrolysis) is 1. The first-order valence-corrected chi connectivity index (χ1v) is 14.9. The first-order valence-electron chi connectivity index (χ1n) is 14.9. The molecule has 0 saturated carbocycles. The lowest BCUT2D eigenvalue weighted by Crippen LogP contribution is -2.59. The van der Waals surface area contributed by atoms with Gasteiger partial charge < -0.3 is 35.1 Å². The number of amides is 4. The van der Waals surface area contributed by atoms with Crippen LogP contribution in [-0.2, 0) is 38.2 Å². The van der Waals surface area contributed by atoms with Gasteiger partial charge in [0.05, 0.1) is 31.5 Å². The van der Waals surface area contributed by atoms with E-state index < -0.39 is 77.4 Å². The lowest BCUT2D eigenvalue weighted by atomic mass is 9.85. The van der Waals surface area contributed by atoms with Crippen molar-refractivity contribution in [3.8, 4) is 0 Å². The van der Waals surface area contributed by atoms with Gasteiger partial charge in [-0.25, -0.2) is 4.79 Å². The first-order chi connectivity index (χ1) is 19.8. The summed E-state index contributed by atoms with van der Waals surface area (Å²) >= 11 is 0. The second-order valence-corrected chi connectivity index (χ2v) is 13.4. The third kappa shape index (κ3) is 12.9. The number of rotatable bonds is 14. The van der Waals surface area contributed by atoms with Crippen molar-refractivity contribution in [1.29, 1.82) is 0 Å². The fourth-order valence-corrected chi connectivity index (χ4v) is 4.51. The number of nitrogens with one attached hydrogen (secondary N) is 3. The number of hydrogen-bond acceptors (Lipinski definition) is 9. The maximum absolute atomic E-state index is 14.0.